The molecule has 0 atom stereocenters. The highest BCUT2D eigenvalue weighted by Gasteiger charge is 2.10. The Hall–Kier alpha value is -1.41. The maximum atomic E-state index is 12.3. The Bertz CT molecular complexity index is 587. The molecule has 92 valence electrons. The zero-order chi connectivity index (χ0) is 13.1. The van der Waals surface area contributed by atoms with Crippen LogP contribution in [0.15, 0.2) is 46.9 Å². The zero-order valence-corrected chi connectivity index (χ0v) is 12.1. The second kappa shape index (κ2) is 5.49. The smallest absolute Gasteiger partial charge is 0.167 e. The van der Waals surface area contributed by atoms with E-state index in [9.17, 15) is 4.79 Å². The lowest BCUT2D eigenvalue weighted by Crippen LogP contribution is -2.05. The third-order valence-electron chi connectivity index (χ3n) is 2.95. The van der Waals surface area contributed by atoms with E-state index in [4.69, 9.17) is 0 Å². The number of carbonyl (C=O) groups excluding carboxylic acids is 1. The van der Waals surface area contributed by atoms with Gasteiger partial charge in [-0.3, -0.25) is 4.79 Å². The third kappa shape index (κ3) is 3.08. The first-order valence-corrected chi connectivity index (χ1v) is 6.70. The Morgan fingerprint density at radius 1 is 1.11 bits per heavy atom. The number of rotatable bonds is 3. The molecule has 0 spiro atoms. The van der Waals surface area contributed by atoms with Crippen molar-refractivity contribution in [3.8, 4) is 0 Å². The molecule has 2 rings (SSSR count). The molecule has 1 nitrogen and oxygen atoms in total. The van der Waals surface area contributed by atoms with E-state index in [0.29, 0.717) is 6.42 Å². The molecule has 18 heavy (non-hydrogen) atoms. The van der Waals surface area contributed by atoms with Crippen molar-refractivity contribution >= 4 is 21.7 Å². The summed E-state index contributed by atoms with van der Waals surface area (Å²) in [4.78, 5) is 12.3. The van der Waals surface area contributed by atoms with Gasteiger partial charge in [0.15, 0.2) is 5.78 Å². The van der Waals surface area contributed by atoms with Gasteiger partial charge in [-0.1, -0.05) is 51.8 Å². The molecule has 0 aliphatic heterocycles. The highest BCUT2D eigenvalue weighted by atomic mass is 79.9. The summed E-state index contributed by atoms with van der Waals surface area (Å²) in [6, 6.07) is 13.9. The van der Waals surface area contributed by atoms with E-state index in [1.54, 1.807) is 0 Å². The summed E-state index contributed by atoms with van der Waals surface area (Å²) in [7, 11) is 0. The van der Waals surface area contributed by atoms with Crippen LogP contribution < -0.4 is 0 Å². The zero-order valence-electron chi connectivity index (χ0n) is 10.5. The average molecular weight is 303 g/mol. The second-order valence-corrected chi connectivity index (χ2v) is 5.46. The molecular weight excluding hydrogens is 288 g/mol. The highest BCUT2D eigenvalue weighted by Crippen LogP contribution is 2.18. The van der Waals surface area contributed by atoms with E-state index in [1.807, 2.05) is 50.2 Å². The lowest BCUT2D eigenvalue weighted by molar-refractivity contribution is 0.0992. The molecule has 0 fully saturated rings. The first-order valence-electron chi connectivity index (χ1n) is 5.91. The predicted octanol–water partition coefficient (Wildman–Crippen LogP) is 4.49. The fraction of sp³-hybridized carbons (Fsp3) is 0.188. The largest absolute Gasteiger partial charge is 0.294 e. The molecule has 2 aromatic carbocycles. The molecule has 0 aromatic heterocycles. The van der Waals surface area contributed by atoms with Crippen molar-refractivity contribution in [3.05, 3.63) is 69.2 Å². The number of aryl methyl sites for hydroxylation is 2. The van der Waals surface area contributed by atoms with Crippen LogP contribution in [-0.2, 0) is 6.42 Å². The minimum Gasteiger partial charge on any atom is -0.294 e. The van der Waals surface area contributed by atoms with Gasteiger partial charge in [0, 0.05) is 16.5 Å². The van der Waals surface area contributed by atoms with E-state index in [0.717, 1.165) is 21.2 Å². The second-order valence-electron chi connectivity index (χ2n) is 4.55. The van der Waals surface area contributed by atoms with Crippen molar-refractivity contribution in [3.63, 3.8) is 0 Å². The SMILES string of the molecule is Cc1cccc(CC(=O)c2cc(Br)ccc2C)c1. The van der Waals surface area contributed by atoms with Gasteiger partial charge in [-0.05, 0) is 37.1 Å². The van der Waals surface area contributed by atoms with E-state index >= 15 is 0 Å². The molecule has 2 heteroatoms. The van der Waals surface area contributed by atoms with Crippen LogP contribution in [0.5, 0.6) is 0 Å². The number of Topliss-reactive ketones (excluding diaryl/α,β-unsaturated/α-hetero) is 1. The van der Waals surface area contributed by atoms with Crippen LogP contribution in [0.3, 0.4) is 0 Å². The summed E-state index contributed by atoms with van der Waals surface area (Å²) in [5, 5.41) is 0. The Kier molecular flexibility index (Phi) is 3.97. The van der Waals surface area contributed by atoms with Crippen molar-refractivity contribution < 1.29 is 4.79 Å². The summed E-state index contributed by atoms with van der Waals surface area (Å²) in [5.41, 5.74) is 4.08. The van der Waals surface area contributed by atoms with Crippen LogP contribution in [0.4, 0.5) is 0 Å². The molecule has 2 aromatic rings. The Balaban J connectivity index is 2.24. The minimum atomic E-state index is 0.166. The third-order valence-corrected chi connectivity index (χ3v) is 3.44. The molecule has 0 N–H and O–H groups in total. The summed E-state index contributed by atoms with van der Waals surface area (Å²) in [5.74, 6) is 0.166. The topological polar surface area (TPSA) is 17.1 Å². The normalized spacial score (nSPS) is 10.4. The van der Waals surface area contributed by atoms with Crippen LogP contribution >= 0.6 is 15.9 Å². The van der Waals surface area contributed by atoms with Crippen LogP contribution in [0.2, 0.25) is 0 Å². The van der Waals surface area contributed by atoms with Crippen LogP contribution in [0.25, 0.3) is 0 Å². The molecule has 0 aliphatic rings. The molecule has 0 amide bonds. The van der Waals surface area contributed by atoms with Gasteiger partial charge in [0.05, 0.1) is 0 Å². The molecular formula is C16H15BrO. The van der Waals surface area contributed by atoms with Gasteiger partial charge in [-0.2, -0.15) is 0 Å². The fourth-order valence-electron chi connectivity index (χ4n) is 2.00. The van der Waals surface area contributed by atoms with Crippen molar-refractivity contribution in [2.75, 3.05) is 0 Å². The van der Waals surface area contributed by atoms with Crippen molar-refractivity contribution in [1.29, 1.82) is 0 Å². The first kappa shape index (κ1) is 13.0. The summed E-state index contributed by atoms with van der Waals surface area (Å²) in [6.45, 7) is 4.01. The lowest BCUT2D eigenvalue weighted by Gasteiger charge is -2.06. The molecule has 0 bridgehead atoms. The van der Waals surface area contributed by atoms with Crippen molar-refractivity contribution in [2.45, 2.75) is 20.3 Å². The minimum absolute atomic E-state index is 0.166. The average Bonchev–Trinajstić information content (AvgIpc) is 2.32. The van der Waals surface area contributed by atoms with E-state index in [2.05, 4.69) is 22.0 Å². The van der Waals surface area contributed by atoms with Crippen molar-refractivity contribution in [2.24, 2.45) is 0 Å². The molecule has 0 aliphatic carbocycles. The number of hydrogen-bond acceptors (Lipinski definition) is 1. The van der Waals surface area contributed by atoms with Gasteiger partial charge in [0.2, 0.25) is 0 Å². The van der Waals surface area contributed by atoms with Gasteiger partial charge >= 0.3 is 0 Å². The number of benzene rings is 2. The van der Waals surface area contributed by atoms with E-state index in [-0.39, 0.29) is 5.78 Å². The number of carbonyl (C=O) groups is 1. The van der Waals surface area contributed by atoms with Gasteiger partial charge in [0.25, 0.3) is 0 Å². The van der Waals surface area contributed by atoms with E-state index < -0.39 is 0 Å². The maximum absolute atomic E-state index is 12.3. The molecule has 0 saturated heterocycles. The van der Waals surface area contributed by atoms with Crippen LogP contribution in [0.1, 0.15) is 27.0 Å². The van der Waals surface area contributed by atoms with Crippen LogP contribution in [0, 0.1) is 13.8 Å². The van der Waals surface area contributed by atoms with E-state index in [1.165, 1.54) is 5.56 Å². The monoisotopic (exact) mass is 302 g/mol. The fourth-order valence-corrected chi connectivity index (χ4v) is 2.36. The number of ketones is 1. The standard InChI is InChI=1S/C16H15BrO/c1-11-4-3-5-13(8-11)9-16(18)15-10-14(17)7-6-12(15)2/h3-8,10H,9H2,1-2H3. The quantitative estimate of drug-likeness (QED) is 0.763. The number of halogens is 1. The predicted molar refractivity (Wildman–Crippen MR) is 78.1 cm³/mol. The summed E-state index contributed by atoms with van der Waals surface area (Å²) >= 11 is 3.41. The number of hydrogen-bond donors (Lipinski definition) is 0. The first-order chi connectivity index (χ1) is 8.56. The van der Waals surface area contributed by atoms with Gasteiger partial charge in [-0.15, -0.1) is 0 Å². The Morgan fingerprint density at radius 2 is 1.89 bits per heavy atom. The van der Waals surface area contributed by atoms with Crippen LogP contribution in [-0.4, -0.2) is 5.78 Å². The highest BCUT2D eigenvalue weighted by molar-refractivity contribution is 9.10. The van der Waals surface area contributed by atoms with Gasteiger partial charge < -0.3 is 0 Å². The summed E-state index contributed by atoms with van der Waals surface area (Å²) in [6.07, 6.45) is 0.457. The van der Waals surface area contributed by atoms with Gasteiger partial charge in [-0.25, -0.2) is 0 Å². The molecule has 0 unspecified atom stereocenters. The molecule has 0 saturated carbocycles. The van der Waals surface area contributed by atoms with Gasteiger partial charge in [0.1, 0.15) is 0 Å². The molecule has 0 heterocycles. The lowest BCUT2D eigenvalue weighted by atomic mass is 9.98. The summed E-state index contributed by atoms with van der Waals surface area (Å²) < 4.78 is 0.945. The Labute approximate surface area is 116 Å². The van der Waals surface area contributed by atoms with Crippen molar-refractivity contribution in [1.82, 2.24) is 0 Å². The Morgan fingerprint density at radius 3 is 2.61 bits per heavy atom. The maximum Gasteiger partial charge on any atom is 0.167 e. The molecule has 0 radical (unpaired) electrons.